The topological polar surface area (TPSA) is 112 Å². The lowest BCUT2D eigenvalue weighted by atomic mass is 9.91. The molecule has 142 valence electrons. The number of carbonyl (C=O) groups excluding carboxylic acids is 1. The summed E-state index contributed by atoms with van der Waals surface area (Å²) in [7, 11) is 0. The van der Waals surface area contributed by atoms with Crippen molar-refractivity contribution in [3.8, 4) is 11.5 Å². The number of carbonyl (C=O) groups is 1. The molecule has 1 amide bonds. The van der Waals surface area contributed by atoms with Crippen LogP contribution >= 0.6 is 12.2 Å². The van der Waals surface area contributed by atoms with Gasteiger partial charge in [0.05, 0.1) is 0 Å². The molecule has 0 aliphatic carbocycles. The van der Waals surface area contributed by atoms with E-state index in [1.165, 1.54) is 0 Å². The van der Waals surface area contributed by atoms with Gasteiger partial charge in [0.25, 0.3) is 0 Å². The first-order valence-corrected chi connectivity index (χ1v) is 8.70. The first-order valence-electron chi connectivity index (χ1n) is 8.29. The first-order chi connectivity index (χ1) is 12.8. The van der Waals surface area contributed by atoms with Gasteiger partial charge in [0.15, 0.2) is 10.7 Å². The molecule has 7 nitrogen and oxygen atoms in total. The maximum Gasteiger partial charge on any atom is 0.405 e. The molecule has 0 bridgehead atoms. The molecule has 0 aliphatic heterocycles. The monoisotopic (exact) mass is 386 g/mol. The van der Waals surface area contributed by atoms with Crippen LogP contribution in [-0.2, 0) is 4.74 Å². The molecule has 5 N–H and O–H groups in total. The standard InChI is InChI=1S/C19H22N4O3S/c1-3-19(2,26-18(21)24)16(22-23-17(20)27)13-9-11-15(12-10-13)25-14-7-5-4-6-8-14/h4-12H,3H2,1-2H3,(H2,21,24)(H3,20,23,27). The molecule has 2 aromatic rings. The van der Waals surface area contributed by atoms with Crippen LogP contribution in [0.1, 0.15) is 25.8 Å². The first kappa shape index (κ1) is 20.2. The molecule has 0 heterocycles. The van der Waals surface area contributed by atoms with E-state index in [4.69, 9.17) is 33.2 Å². The van der Waals surface area contributed by atoms with Crippen molar-refractivity contribution in [1.29, 1.82) is 0 Å². The second kappa shape index (κ2) is 9.00. The number of rotatable bonds is 7. The highest BCUT2D eigenvalue weighted by atomic mass is 32.1. The van der Waals surface area contributed by atoms with E-state index in [2.05, 4.69) is 10.5 Å². The van der Waals surface area contributed by atoms with Gasteiger partial charge in [0, 0.05) is 5.56 Å². The molecule has 0 radical (unpaired) electrons. The summed E-state index contributed by atoms with van der Waals surface area (Å²) < 4.78 is 11.1. The third-order valence-electron chi connectivity index (χ3n) is 3.89. The van der Waals surface area contributed by atoms with Crippen molar-refractivity contribution in [3.63, 3.8) is 0 Å². The van der Waals surface area contributed by atoms with Gasteiger partial charge in [-0.15, -0.1) is 0 Å². The maximum absolute atomic E-state index is 11.4. The highest BCUT2D eigenvalue weighted by Crippen LogP contribution is 2.26. The van der Waals surface area contributed by atoms with Crippen molar-refractivity contribution >= 4 is 29.1 Å². The Morgan fingerprint density at radius 1 is 1.11 bits per heavy atom. The second-order valence-corrected chi connectivity index (χ2v) is 6.32. The van der Waals surface area contributed by atoms with Gasteiger partial charge >= 0.3 is 6.09 Å². The van der Waals surface area contributed by atoms with Crippen LogP contribution in [-0.4, -0.2) is 22.5 Å². The highest BCUT2D eigenvalue weighted by molar-refractivity contribution is 7.80. The lowest BCUT2D eigenvalue weighted by molar-refractivity contribution is 0.0780. The summed E-state index contributed by atoms with van der Waals surface area (Å²) in [5, 5.41) is 4.22. The number of primary amides is 1. The van der Waals surface area contributed by atoms with Crippen molar-refractivity contribution in [3.05, 3.63) is 60.2 Å². The molecular formula is C19H22N4O3S. The summed E-state index contributed by atoms with van der Waals surface area (Å²) >= 11 is 4.81. The Hall–Kier alpha value is -3.13. The maximum atomic E-state index is 11.4. The summed E-state index contributed by atoms with van der Waals surface area (Å²) in [5.41, 5.74) is 13.3. The predicted molar refractivity (Wildman–Crippen MR) is 109 cm³/mol. The zero-order valence-electron chi connectivity index (χ0n) is 15.1. The summed E-state index contributed by atoms with van der Waals surface area (Å²) in [6, 6.07) is 16.6. The fourth-order valence-corrected chi connectivity index (χ4v) is 2.46. The van der Waals surface area contributed by atoms with E-state index in [0.717, 1.165) is 5.75 Å². The molecular weight excluding hydrogens is 364 g/mol. The highest BCUT2D eigenvalue weighted by Gasteiger charge is 2.34. The molecule has 8 heteroatoms. The van der Waals surface area contributed by atoms with E-state index in [1.54, 1.807) is 31.2 Å². The number of nitrogens with two attached hydrogens (primary N) is 2. The number of hydrogen-bond acceptors (Lipinski definition) is 5. The van der Waals surface area contributed by atoms with Crippen molar-refractivity contribution in [2.75, 3.05) is 0 Å². The number of para-hydroxylation sites is 1. The zero-order valence-corrected chi connectivity index (χ0v) is 16.0. The minimum Gasteiger partial charge on any atom is -0.457 e. The minimum atomic E-state index is -1.06. The van der Waals surface area contributed by atoms with E-state index >= 15 is 0 Å². The predicted octanol–water partition coefficient (Wildman–Crippen LogP) is 3.28. The van der Waals surface area contributed by atoms with Gasteiger partial charge < -0.3 is 20.9 Å². The largest absolute Gasteiger partial charge is 0.457 e. The Balaban J connectivity index is 2.33. The zero-order chi connectivity index (χ0) is 19.9. The molecule has 2 aromatic carbocycles. The van der Waals surface area contributed by atoms with Gasteiger partial charge in [-0.1, -0.05) is 25.1 Å². The average molecular weight is 386 g/mol. The molecule has 2 rings (SSSR count). The van der Waals surface area contributed by atoms with E-state index in [9.17, 15) is 4.79 Å². The number of nitrogens with one attached hydrogen (secondary N) is 1. The van der Waals surface area contributed by atoms with E-state index in [-0.39, 0.29) is 5.11 Å². The summed E-state index contributed by atoms with van der Waals surface area (Å²) in [4.78, 5) is 11.4. The molecule has 0 spiro atoms. The van der Waals surface area contributed by atoms with Gasteiger partial charge in [-0.3, -0.25) is 5.43 Å². The number of amides is 1. The van der Waals surface area contributed by atoms with Crippen molar-refractivity contribution in [1.82, 2.24) is 5.43 Å². The van der Waals surface area contributed by atoms with Crippen LogP contribution in [0.25, 0.3) is 0 Å². The second-order valence-electron chi connectivity index (χ2n) is 5.88. The molecule has 1 unspecified atom stereocenters. The number of hydrogen-bond donors (Lipinski definition) is 3. The Bertz CT molecular complexity index is 825. The lowest BCUT2D eigenvalue weighted by Gasteiger charge is -2.29. The Morgan fingerprint density at radius 2 is 1.70 bits per heavy atom. The molecule has 1 atom stereocenters. The van der Waals surface area contributed by atoms with Crippen molar-refractivity contribution in [2.45, 2.75) is 25.9 Å². The van der Waals surface area contributed by atoms with Gasteiger partial charge in [0.2, 0.25) is 0 Å². The summed E-state index contributed by atoms with van der Waals surface area (Å²) in [6.07, 6.45) is -0.456. The number of benzene rings is 2. The van der Waals surface area contributed by atoms with Crippen LogP contribution in [0.2, 0.25) is 0 Å². The molecule has 0 aliphatic rings. The van der Waals surface area contributed by atoms with Crippen molar-refractivity contribution in [2.24, 2.45) is 16.6 Å². The summed E-state index contributed by atoms with van der Waals surface area (Å²) in [5.74, 6) is 1.38. The number of thiocarbonyl (C=S) groups is 1. The number of ether oxygens (including phenoxy) is 2. The van der Waals surface area contributed by atoms with Crippen LogP contribution in [0.15, 0.2) is 59.7 Å². The normalized spacial score (nSPS) is 13.3. The van der Waals surface area contributed by atoms with Crippen LogP contribution in [0, 0.1) is 0 Å². The third-order valence-corrected chi connectivity index (χ3v) is 3.98. The minimum absolute atomic E-state index is 0.00550. The van der Waals surface area contributed by atoms with Gasteiger partial charge in [-0.2, -0.15) is 5.10 Å². The van der Waals surface area contributed by atoms with Gasteiger partial charge in [-0.25, -0.2) is 4.79 Å². The number of nitrogens with zero attached hydrogens (tertiary/aromatic N) is 1. The Kier molecular flexibility index (Phi) is 6.73. The van der Waals surface area contributed by atoms with Crippen LogP contribution < -0.4 is 21.6 Å². The fraction of sp³-hybridized carbons (Fsp3) is 0.211. The molecule has 27 heavy (non-hydrogen) atoms. The molecule has 0 aromatic heterocycles. The Labute approximate surface area is 163 Å². The lowest BCUT2D eigenvalue weighted by Crippen LogP contribution is -2.43. The van der Waals surface area contributed by atoms with Crippen molar-refractivity contribution < 1.29 is 14.3 Å². The quantitative estimate of drug-likeness (QED) is 0.382. The third kappa shape index (κ3) is 5.68. The van der Waals surface area contributed by atoms with E-state index < -0.39 is 11.7 Å². The summed E-state index contributed by atoms with van der Waals surface area (Å²) in [6.45, 7) is 3.57. The number of hydrazone groups is 1. The fourth-order valence-electron chi connectivity index (χ4n) is 2.41. The Morgan fingerprint density at radius 3 is 2.22 bits per heavy atom. The van der Waals surface area contributed by atoms with Crippen LogP contribution in [0.3, 0.4) is 0 Å². The van der Waals surface area contributed by atoms with E-state index in [1.807, 2.05) is 37.3 Å². The van der Waals surface area contributed by atoms with Gasteiger partial charge in [0.1, 0.15) is 17.2 Å². The van der Waals surface area contributed by atoms with Crippen LogP contribution in [0.5, 0.6) is 11.5 Å². The van der Waals surface area contributed by atoms with Gasteiger partial charge in [-0.05, 0) is 62.0 Å². The van der Waals surface area contributed by atoms with Crippen LogP contribution in [0.4, 0.5) is 4.79 Å². The average Bonchev–Trinajstić information content (AvgIpc) is 2.63. The van der Waals surface area contributed by atoms with E-state index in [0.29, 0.717) is 23.4 Å². The molecule has 0 saturated heterocycles. The SMILES string of the molecule is CCC(C)(OC(N)=O)C(=NNC(N)=S)c1ccc(Oc2ccccc2)cc1. The molecule has 0 saturated carbocycles. The smallest absolute Gasteiger partial charge is 0.405 e. The molecule has 0 fully saturated rings.